The minimum Gasteiger partial charge on any atom is -0.465 e. The van der Waals surface area contributed by atoms with Crippen LogP contribution in [0, 0.1) is 11.3 Å². The molecule has 5 nitrogen and oxygen atoms in total. The molecule has 0 aromatic heterocycles. The zero-order valence-corrected chi connectivity index (χ0v) is 8.07. The van der Waals surface area contributed by atoms with Crippen molar-refractivity contribution in [2.45, 2.75) is 37.8 Å². The van der Waals surface area contributed by atoms with Crippen molar-refractivity contribution in [2.24, 2.45) is 0 Å². The maximum absolute atomic E-state index is 12.4. The Morgan fingerprint density at radius 2 is 2.20 bits per heavy atom. The maximum Gasteiger partial charge on any atom is 0.405 e. The monoisotopic (exact) mass is 222 g/mol. The van der Waals surface area contributed by atoms with E-state index in [1.807, 2.05) is 5.32 Å². The summed E-state index contributed by atoms with van der Waals surface area (Å²) < 4.78 is 24.9. The zero-order valence-electron chi connectivity index (χ0n) is 8.07. The third-order valence-corrected chi connectivity index (χ3v) is 1.72. The van der Waals surface area contributed by atoms with Gasteiger partial charge < -0.3 is 15.5 Å². The van der Waals surface area contributed by atoms with Gasteiger partial charge in [-0.05, 0) is 13.3 Å². The number of carbonyl (C=O) groups is 1. The van der Waals surface area contributed by atoms with Gasteiger partial charge in [0.2, 0.25) is 5.92 Å². The largest absolute Gasteiger partial charge is 0.465 e. The Bertz CT molecular complexity index is 260. The van der Waals surface area contributed by atoms with E-state index in [1.54, 1.807) is 0 Å². The fourth-order valence-corrected chi connectivity index (χ4v) is 0.966. The Hall–Kier alpha value is -1.42. The van der Waals surface area contributed by atoms with Crippen molar-refractivity contribution in [3.63, 3.8) is 0 Å². The zero-order chi connectivity index (χ0) is 12.1. The van der Waals surface area contributed by atoms with E-state index in [0.29, 0.717) is 6.92 Å². The summed E-state index contributed by atoms with van der Waals surface area (Å²) in [5.41, 5.74) is 0. The Balaban J connectivity index is 4.27. The molecule has 3 N–H and O–H groups in total. The van der Waals surface area contributed by atoms with Crippen molar-refractivity contribution in [3.05, 3.63) is 0 Å². The number of alkyl halides is 2. The van der Waals surface area contributed by atoms with Crippen molar-refractivity contribution >= 4 is 6.09 Å². The van der Waals surface area contributed by atoms with Crippen molar-refractivity contribution in [1.82, 2.24) is 5.32 Å². The molecule has 0 aliphatic rings. The summed E-state index contributed by atoms with van der Waals surface area (Å²) in [6.45, 7) is 0.684. The normalized spacial score (nSPS) is 15.1. The molecule has 0 fully saturated rings. The SMILES string of the molecule is CC(F)(F)CCC(NC(=O)O)C(O)C#N. The molecule has 1 amide bonds. The van der Waals surface area contributed by atoms with Crippen LogP contribution in [0.4, 0.5) is 13.6 Å². The van der Waals surface area contributed by atoms with Gasteiger partial charge in [-0.2, -0.15) is 5.26 Å². The number of aliphatic hydroxyl groups excluding tert-OH is 1. The summed E-state index contributed by atoms with van der Waals surface area (Å²) in [6.07, 6.45) is -3.99. The van der Waals surface area contributed by atoms with E-state index in [1.165, 1.54) is 6.07 Å². The molecule has 0 radical (unpaired) electrons. The first kappa shape index (κ1) is 13.6. The third-order valence-electron chi connectivity index (χ3n) is 1.72. The number of hydrogen-bond donors (Lipinski definition) is 3. The van der Waals surface area contributed by atoms with E-state index in [4.69, 9.17) is 15.5 Å². The molecule has 0 spiro atoms. The van der Waals surface area contributed by atoms with Gasteiger partial charge in [-0.25, -0.2) is 13.6 Å². The molecule has 0 heterocycles. The number of rotatable bonds is 5. The van der Waals surface area contributed by atoms with Gasteiger partial charge in [-0.3, -0.25) is 0 Å². The van der Waals surface area contributed by atoms with Crippen LogP contribution in [-0.2, 0) is 0 Å². The molecule has 2 atom stereocenters. The molecular weight excluding hydrogens is 210 g/mol. The van der Waals surface area contributed by atoms with Gasteiger partial charge in [0.25, 0.3) is 0 Å². The fraction of sp³-hybridized carbons (Fsp3) is 0.750. The van der Waals surface area contributed by atoms with Gasteiger partial charge in [0.05, 0.1) is 12.1 Å². The average Bonchev–Trinajstić information content (AvgIpc) is 2.09. The van der Waals surface area contributed by atoms with Crippen LogP contribution in [0.2, 0.25) is 0 Å². The Labute approximate surface area is 85.3 Å². The smallest absolute Gasteiger partial charge is 0.405 e. The second kappa shape index (κ2) is 5.46. The summed E-state index contributed by atoms with van der Waals surface area (Å²) in [5, 5.41) is 27.5. The van der Waals surface area contributed by atoms with Crippen LogP contribution in [0.3, 0.4) is 0 Å². The number of amides is 1. The highest BCUT2D eigenvalue weighted by atomic mass is 19.3. The molecular formula is C8H12F2N2O3. The van der Waals surface area contributed by atoms with Crippen LogP contribution >= 0.6 is 0 Å². The summed E-state index contributed by atoms with van der Waals surface area (Å²) in [4.78, 5) is 10.2. The maximum atomic E-state index is 12.4. The lowest BCUT2D eigenvalue weighted by atomic mass is 10.0. The van der Waals surface area contributed by atoms with E-state index >= 15 is 0 Å². The fourth-order valence-electron chi connectivity index (χ4n) is 0.966. The lowest BCUT2D eigenvalue weighted by Gasteiger charge is -2.19. The number of carboxylic acid groups (broad SMARTS) is 1. The van der Waals surface area contributed by atoms with E-state index in [2.05, 4.69) is 0 Å². The third kappa shape index (κ3) is 6.62. The molecule has 86 valence electrons. The molecule has 0 bridgehead atoms. The standard InChI is InChI=1S/C8H12F2N2O3/c1-8(9,10)3-2-5(6(13)4-11)12-7(14)15/h5-6,12-13H,2-3H2,1H3,(H,14,15). The van der Waals surface area contributed by atoms with Crippen molar-refractivity contribution < 1.29 is 23.8 Å². The second-order valence-corrected chi connectivity index (χ2v) is 3.24. The van der Waals surface area contributed by atoms with Crippen LogP contribution < -0.4 is 5.32 Å². The molecule has 7 heteroatoms. The van der Waals surface area contributed by atoms with Gasteiger partial charge in [0.15, 0.2) is 6.10 Å². The topological polar surface area (TPSA) is 93.3 Å². The number of nitriles is 1. The number of aliphatic hydroxyl groups is 1. The van der Waals surface area contributed by atoms with Crippen LogP contribution in [0.1, 0.15) is 19.8 Å². The first-order valence-electron chi connectivity index (χ1n) is 4.21. The molecule has 0 aliphatic carbocycles. The summed E-state index contributed by atoms with van der Waals surface area (Å²) in [7, 11) is 0. The molecule has 0 aromatic carbocycles. The average molecular weight is 222 g/mol. The molecule has 0 saturated heterocycles. The lowest BCUT2D eigenvalue weighted by Crippen LogP contribution is -2.42. The molecule has 2 unspecified atom stereocenters. The van der Waals surface area contributed by atoms with Crippen LogP contribution in [0.5, 0.6) is 0 Å². The first-order chi connectivity index (χ1) is 6.76. The highest BCUT2D eigenvalue weighted by Gasteiger charge is 2.27. The summed E-state index contributed by atoms with van der Waals surface area (Å²) in [5.74, 6) is -2.95. The first-order valence-corrected chi connectivity index (χ1v) is 4.21. The summed E-state index contributed by atoms with van der Waals surface area (Å²) in [6, 6.07) is 0.195. The van der Waals surface area contributed by atoms with E-state index in [-0.39, 0.29) is 6.42 Å². The van der Waals surface area contributed by atoms with Gasteiger partial charge >= 0.3 is 6.09 Å². The predicted molar refractivity (Wildman–Crippen MR) is 46.4 cm³/mol. The van der Waals surface area contributed by atoms with Gasteiger partial charge in [-0.15, -0.1) is 0 Å². The highest BCUT2D eigenvalue weighted by Crippen LogP contribution is 2.20. The van der Waals surface area contributed by atoms with E-state index < -0.39 is 30.6 Å². The van der Waals surface area contributed by atoms with Crippen LogP contribution in [-0.4, -0.2) is 34.4 Å². The number of halogens is 2. The highest BCUT2D eigenvalue weighted by molar-refractivity contribution is 5.65. The molecule has 0 saturated carbocycles. The van der Waals surface area contributed by atoms with E-state index in [0.717, 1.165) is 0 Å². The van der Waals surface area contributed by atoms with Crippen LogP contribution in [0.15, 0.2) is 0 Å². The van der Waals surface area contributed by atoms with Crippen molar-refractivity contribution in [2.75, 3.05) is 0 Å². The van der Waals surface area contributed by atoms with Gasteiger partial charge in [0.1, 0.15) is 0 Å². The summed E-state index contributed by atoms with van der Waals surface area (Å²) >= 11 is 0. The van der Waals surface area contributed by atoms with Gasteiger partial charge in [-0.1, -0.05) is 0 Å². The molecule has 0 aromatic rings. The van der Waals surface area contributed by atoms with Crippen molar-refractivity contribution in [3.8, 4) is 6.07 Å². The van der Waals surface area contributed by atoms with Crippen molar-refractivity contribution in [1.29, 1.82) is 5.26 Å². The number of nitrogens with zero attached hydrogens (tertiary/aromatic N) is 1. The molecule has 0 rings (SSSR count). The quantitative estimate of drug-likeness (QED) is 0.603. The lowest BCUT2D eigenvalue weighted by molar-refractivity contribution is 0.00470. The Kier molecular flexibility index (Phi) is 4.94. The second-order valence-electron chi connectivity index (χ2n) is 3.24. The molecule has 15 heavy (non-hydrogen) atoms. The Morgan fingerprint density at radius 1 is 1.67 bits per heavy atom. The predicted octanol–water partition coefficient (Wildman–Crippen LogP) is 0.942. The van der Waals surface area contributed by atoms with Gasteiger partial charge in [0, 0.05) is 6.42 Å². The van der Waals surface area contributed by atoms with E-state index in [9.17, 15) is 13.6 Å². The molecule has 0 aliphatic heterocycles. The Morgan fingerprint density at radius 3 is 2.53 bits per heavy atom. The minimum absolute atomic E-state index is 0.301. The van der Waals surface area contributed by atoms with Crippen LogP contribution in [0.25, 0.3) is 0 Å². The minimum atomic E-state index is -2.95. The number of hydrogen-bond acceptors (Lipinski definition) is 3. The number of nitrogens with one attached hydrogen (secondary N) is 1.